The van der Waals surface area contributed by atoms with E-state index in [0.717, 1.165) is 16.7 Å². The van der Waals surface area contributed by atoms with Gasteiger partial charge in [0.15, 0.2) is 5.65 Å². The fraction of sp³-hybridized carbons (Fsp3) is 0.167. The standard InChI is InChI=1S/C18H11Cl3F3N4O6P/c19-10-5-14(32-1-2-33-35(29,30)31)11(20)4-9(10)15-26-17(34-27-15)13-7-28-6-8(18(22,23)24)3-12(21)16(28)25-13/h3-7H,1-2H2,(H2,29,30,31). The molecule has 4 aromatic rings. The van der Waals surface area contributed by atoms with Crippen LogP contribution in [0, 0.1) is 0 Å². The van der Waals surface area contributed by atoms with Crippen molar-refractivity contribution in [3.63, 3.8) is 0 Å². The second-order valence-electron chi connectivity index (χ2n) is 6.79. The van der Waals surface area contributed by atoms with Crippen LogP contribution < -0.4 is 4.74 Å². The fourth-order valence-electron chi connectivity index (χ4n) is 2.87. The van der Waals surface area contributed by atoms with Crippen LogP contribution in [0.25, 0.3) is 28.6 Å². The molecule has 35 heavy (non-hydrogen) atoms. The quantitative estimate of drug-likeness (QED) is 0.217. The summed E-state index contributed by atoms with van der Waals surface area (Å²) < 4.78 is 65.7. The first-order valence-corrected chi connectivity index (χ1v) is 11.9. The van der Waals surface area contributed by atoms with Crippen LogP contribution in [0.3, 0.4) is 0 Å². The molecule has 0 amide bonds. The molecule has 4 rings (SSSR count). The number of alkyl halides is 3. The normalized spacial score (nSPS) is 12.5. The molecule has 3 heterocycles. The van der Waals surface area contributed by atoms with Crippen LogP contribution in [0.5, 0.6) is 5.75 Å². The van der Waals surface area contributed by atoms with Crippen LogP contribution in [0.2, 0.25) is 15.1 Å². The van der Waals surface area contributed by atoms with Crippen molar-refractivity contribution in [2.75, 3.05) is 13.2 Å². The smallest absolute Gasteiger partial charge is 0.469 e. The molecule has 2 N–H and O–H groups in total. The van der Waals surface area contributed by atoms with Gasteiger partial charge in [-0.3, -0.25) is 4.52 Å². The van der Waals surface area contributed by atoms with Crippen LogP contribution in [0.1, 0.15) is 5.56 Å². The zero-order chi connectivity index (χ0) is 25.5. The first-order valence-electron chi connectivity index (χ1n) is 9.23. The van der Waals surface area contributed by atoms with E-state index in [2.05, 4.69) is 19.6 Å². The highest BCUT2D eigenvalue weighted by atomic mass is 35.5. The Kier molecular flexibility index (Phi) is 7.04. The SMILES string of the molecule is O=P(O)(O)OCCOc1cc(Cl)c(-c2noc(-c3cn4cc(C(F)(F)F)cc(Cl)c4n3)n2)cc1Cl. The van der Waals surface area contributed by atoms with Crippen molar-refractivity contribution < 1.29 is 41.3 Å². The molecule has 0 radical (unpaired) electrons. The molecule has 17 heteroatoms. The molecule has 0 saturated carbocycles. The number of aromatic nitrogens is 4. The number of pyridine rings is 1. The highest BCUT2D eigenvalue weighted by Gasteiger charge is 2.32. The maximum Gasteiger partial charge on any atom is 0.469 e. The molecule has 0 aliphatic carbocycles. The summed E-state index contributed by atoms with van der Waals surface area (Å²) in [6.45, 7) is -0.624. The van der Waals surface area contributed by atoms with Crippen molar-refractivity contribution in [1.29, 1.82) is 0 Å². The number of ether oxygens (including phenoxy) is 1. The van der Waals surface area contributed by atoms with E-state index in [4.69, 9.17) is 53.8 Å². The molecule has 0 fully saturated rings. The number of imidazole rings is 1. The summed E-state index contributed by atoms with van der Waals surface area (Å²) in [6, 6.07) is 3.46. The molecular weight excluding hydrogens is 563 g/mol. The Bertz CT molecular complexity index is 1460. The number of hydrogen-bond donors (Lipinski definition) is 2. The first kappa shape index (κ1) is 25.7. The third-order valence-corrected chi connectivity index (χ3v) is 5.75. The van der Waals surface area contributed by atoms with Gasteiger partial charge >= 0.3 is 14.0 Å². The van der Waals surface area contributed by atoms with E-state index in [1.54, 1.807) is 0 Å². The number of phosphoric ester groups is 1. The predicted octanol–water partition coefficient (Wildman–Crippen LogP) is 5.52. The molecule has 10 nitrogen and oxygen atoms in total. The largest absolute Gasteiger partial charge is 0.490 e. The van der Waals surface area contributed by atoms with E-state index >= 15 is 0 Å². The zero-order valence-electron chi connectivity index (χ0n) is 16.8. The first-order chi connectivity index (χ1) is 16.3. The Morgan fingerprint density at radius 2 is 1.77 bits per heavy atom. The minimum absolute atomic E-state index is 0.00224. The molecule has 3 aromatic heterocycles. The van der Waals surface area contributed by atoms with Gasteiger partial charge in [-0.25, -0.2) is 9.55 Å². The van der Waals surface area contributed by atoms with Gasteiger partial charge in [0.2, 0.25) is 5.82 Å². The molecule has 0 spiro atoms. The number of halogens is 6. The average Bonchev–Trinajstić information content (AvgIpc) is 3.39. The molecule has 0 aliphatic heterocycles. The molecule has 0 saturated heterocycles. The van der Waals surface area contributed by atoms with Crippen molar-refractivity contribution in [2.45, 2.75) is 6.18 Å². The van der Waals surface area contributed by atoms with E-state index in [1.165, 1.54) is 18.3 Å². The second-order valence-corrected chi connectivity index (χ2v) is 9.25. The number of rotatable bonds is 7. The van der Waals surface area contributed by atoms with Gasteiger partial charge in [-0.05, 0) is 12.1 Å². The molecule has 0 unspecified atom stereocenters. The summed E-state index contributed by atoms with van der Waals surface area (Å²) in [5.41, 5.74) is -0.592. The number of nitrogens with zero attached hydrogens (tertiary/aromatic N) is 4. The summed E-state index contributed by atoms with van der Waals surface area (Å²) in [5.74, 6) is -0.00764. The van der Waals surface area contributed by atoms with Crippen molar-refractivity contribution >= 4 is 48.3 Å². The van der Waals surface area contributed by atoms with Gasteiger partial charge in [0.25, 0.3) is 5.89 Å². The van der Waals surface area contributed by atoms with Gasteiger partial charge in [0, 0.05) is 24.0 Å². The average molecular weight is 574 g/mol. The predicted molar refractivity (Wildman–Crippen MR) is 117 cm³/mol. The van der Waals surface area contributed by atoms with E-state index in [0.29, 0.717) is 0 Å². The molecule has 0 aliphatic rings. The summed E-state index contributed by atoms with van der Waals surface area (Å²) in [5, 5.41) is 3.76. The number of fused-ring (bicyclic) bond motifs is 1. The maximum absolute atomic E-state index is 13.0. The third kappa shape index (κ3) is 5.89. The van der Waals surface area contributed by atoms with E-state index in [-0.39, 0.29) is 56.0 Å². The highest BCUT2D eigenvalue weighted by molar-refractivity contribution is 7.46. The molecule has 1 aromatic carbocycles. The molecule has 0 bridgehead atoms. The Balaban J connectivity index is 1.57. The van der Waals surface area contributed by atoms with Crippen molar-refractivity contribution in [2.24, 2.45) is 0 Å². The lowest BCUT2D eigenvalue weighted by Crippen LogP contribution is -2.06. The minimum Gasteiger partial charge on any atom is -0.490 e. The van der Waals surface area contributed by atoms with Gasteiger partial charge in [-0.1, -0.05) is 40.0 Å². The van der Waals surface area contributed by atoms with Crippen molar-refractivity contribution in [3.8, 4) is 28.7 Å². The Morgan fingerprint density at radius 3 is 2.46 bits per heavy atom. The summed E-state index contributed by atoms with van der Waals surface area (Å²) >= 11 is 18.4. The topological polar surface area (TPSA) is 132 Å². The van der Waals surface area contributed by atoms with Gasteiger partial charge < -0.3 is 23.4 Å². The van der Waals surface area contributed by atoms with Gasteiger partial charge in [0.1, 0.15) is 18.1 Å². The lowest BCUT2D eigenvalue weighted by atomic mass is 10.2. The van der Waals surface area contributed by atoms with Crippen LogP contribution in [-0.2, 0) is 15.3 Å². The molecule has 0 atom stereocenters. The van der Waals surface area contributed by atoms with E-state index < -0.39 is 26.2 Å². The fourth-order valence-corrected chi connectivity index (χ4v) is 3.90. The Morgan fingerprint density at radius 1 is 1.03 bits per heavy atom. The lowest BCUT2D eigenvalue weighted by molar-refractivity contribution is -0.137. The van der Waals surface area contributed by atoms with E-state index in [1.807, 2.05) is 0 Å². The second kappa shape index (κ2) is 9.58. The van der Waals surface area contributed by atoms with Gasteiger partial charge in [0.05, 0.1) is 27.2 Å². The van der Waals surface area contributed by atoms with Crippen LogP contribution >= 0.6 is 42.6 Å². The lowest BCUT2D eigenvalue weighted by Gasteiger charge is -2.10. The van der Waals surface area contributed by atoms with Gasteiger partial charge in [-0.2, -0.15) is 18.2 Å². The third-order valence-electron chi connectivity index (χ3n) is 4.34. The number of benzene rings is 1. The Hall–Kier alpha value is -2.38. The van der Waals surface area contributed by atoms with Crippen LogP contribution in [0.4, 0.5) is 13.2 Å². The maximum atomic E-state index is 13.0. The molecule has 186 valence electrons. The zero-order valence-corrected chi connectivity index (χ0v) is 20.0. The van der Waals surface area contributed by atoms with Crippen molar-refractivity contribution in [1.82, 2.24) is 19.5 Å². The molecular formula is C18H11Cl3F3N4O6P. The van der Waals surface area contributed by atoms with Crippen LogP contribution in [0.15, 0.2) is 35.1 Å². The number of hydrogen-bond acceptors (Lipinski definition) is 7. The summed E-state index contributed by atoms with van der Waals surface area (Å²) in [4.78, 5) is 25.6. The Labute approximate surface area is 208 Å². The minimum atomic E-state index is -4.63. The van der Waals surface area contributed by atoms with E-state index in [9.17, 15) is 17.7 Å². The van der Waals surface area contributed by atoms with Crippen LogP contribution in [-0.4, -0.2) is 42.5 Å². The number of phosphoric acid groups is 1. The summed E-state index contributed by atoms with van der Waals surface area (Å²) in [7, 11) is -4.63. The highest BCUT2D eigenvalue weighted by Crippen LogP contribution is 2.38. The van der Waals surface area contributed by atoms with Crippen molar-refractivity contribution in [3.05, 3.63) is 51.2 Å². The monoisotopic (exact) mass is 572 g/mol. The summed E-state index contributed by atoms with van der Waals surface area (Å²) in [6.07, 6.45) is -2.52. The van der Waals surface area contributed by atoms with Gasteiger partial charge in [-0.15, -0.1) is 0 Å².